The Bertz CT molecular complexity index is 1430. The number of hydrogen-bond acceptors (Lipinski definition) is 6. The molecule has 158 valence electrons. The van der Waals surface area contributed by atoms with Gasteiger partial charge in [0.15, 0.2) is 11.2 Å². The van der Waals surface area contributed by atoms with E-state index in [1.807, 2.05) is 47.8 Å². The Balaban J connectivity index is 1.54. The zero-order chi connectivity index (χ0) is 21.7. The van der Waals surface area contributed by atoms with Gasteiger partial charge in [0.25, 0.3) is 0 Å². The molecule has 0 spiro atoms. The van der Waals surface area contributed by atoms with Crippen LogP contribution in [0.2, 0.25) is 0 Å². The first kappa shape index (κ1) is 19.1. The van der Waals surface area contributed by atoms with E-state index in [1.54, 1.807) is 23.5 Å². The van der Waals surface area contributed by atoms with E-state index in [-0.39, 0.29) is 17.1 Å². The second-order valence-corrected chi connectivity index (χ2v) is 9.18. The first-order valence-corrected chi connectivity index (χ1v) is 11.5. The quantitative estimate of drug-likeness (QED) is 0.410. The SMILES string of the molecule is O=C1C[C@@H](c2cccs2)CC2=C1[C@H](c1coc3ccccc3c1=O)Nc1ccccc1N2. The topological polar surface area (TPSA) is 71.3 Å². The highest BCUT2D eigenvalue weighted by Crippen LogP contribution is 2.44. The number of benzene rings is 2. The highest BCUT2D eigenvalue weighted by molar-refractivity contribution is 7.10. The van der Waals surface area contributed by atoms with Crippen LogP contribution in [0.3, 0.4) is 0 Å². The minimum absolute atomic E-state index is 0.0509. The number of para-hydroxylation sites is 3. The maximum atomic E-state index is 13.5. The van der Waals surface area contributed by atoms with Crippen LogP contribution in [0.1, 0.15) is 35.2 Å². The fourth-order valence-corrected chi connectivity index (χ4v) is 5.57. The van der Waals surface area contributed by atoms with Gasteiger partial charge in [-0.1, -0.05) is 30.3 Å². The highest BCUT2D eigenvalue weighted by Gasteiger charge is 2.37. The largest absolute Gasteiger partial charge is 0.464 e. The van der Waals surface area contributed by atoms with Crippen molar-refractivity contribution in [1.82, 2.24) is 0 Å². The van der Waals surface area contributed by atoms with E-state index in [0.29, 0.717) is 34.9 Å². The molecule has 2 aromatic carbocycles. The Morgan fingerprint density at radius 3 is 2.56 bits per heavy atom. The Morgan fingerprint density at radius 1 is 0.906 bits per heavy atom. The van der Waals surface area contributed by atoms with Crippen LogP contribution in [0.15, 0.2) is 92.8 Å². The molecule has 6 heteroatoms. The van der Waals surface area contributed by atoms with Gasteiger partial charge in [-0.15, -0.1) is 11.3 Å². The Hall–Kier alpha value is -3.64. The van der Waals surface area contributed by atoms with Crippen molar-refractivity contribution in [2.45, 2.75) is 24.8 Å². The molecule has 0 fully saturated rings. The zero-order valence-electron chi connectivity index (χ0n) is 17.1. The van der Waals surface area contributed by atoms with Crippen LogP contribution in [0.25, 0.3) is 11.0 Å². The first-order valence-electron chi connectivity index (χ1n) is 10.6. The van der Waals surface area contributed by atoms with Gasteiger partial charge >= 0.3 is 0 Å². The summed E-state index contributed by atoms with van der Waals surface area (Å²) < 4.78 is 5.81. The molecule has 32 heavy (non-hydrogen) atoms. The number of carbonyl (C=O) groups excluding carboxylic acids is 1. The molecule has 2 N–H and O–H groups in total. The van der Waals surface area contributed by atoms with Gasteiger partial charge in [0.1, 0.15) is 11.8 Å². The number of carbonyl (C=O) groups is 1. The second kappa shape index (κ2) is 7.50. The molecule has 1 aliphatic heterocycles. The molecule has 4 aromatic rings. The number of Topliss-reactive ketones (excluding diaryl/α,β-unsaturated/α-hetero) is 1. The molecule has 1 aliphatic carbocycles. The molecule has 0 unspecified atom stereocenters. The Labute approximate surface area is 188 Å². The van der Waals surface area contributed by atoms with Gasteiger partial charge in [-0.2, -0.15) is 0 Å². The summed E-state index contributed by atoms with van der Waals surface area (Å²) in [5.41, 5.74) is 4.09. The number of anilines is 2. The number of nitrogens with one attached hydrogen (secondary N) is 2. The average molecular weight is 441 g/mol. The van der Waals surface area contributed by atoms with Crippen LogP contribution in [0.4, 0.5) is 11.4 Å². The molecule has 0 saturated carbocycles. The number of allylic oxidation sites excluding steroid dienone is 1. The lowest BCUT2D eigenvalue weighted by Crippen LogP contribution is -2.29. The van der Waals surface area contributed by atoms with Crippen molar-refractivity contribution in [2.75, 3.05) is 10.6 Å². The third-order valence-electron chi connectivity index (χ3n) is 6.27. The number of rotatable bonds is 2. The number of fused-ring (bicyclic) bond motifs is 2. The second-order valence-electron chi connectivity index (χ2n) is 8.20. The van der Waals surface area contributed by atoms with Crippen molar-refractivity contribution in [3.63, 3.8) is 0 Å². The molecule has 5 nitrogen and oxygen atoms in total. The van der Waals surface area contributed by atoms with Crippen molar-refractivity contribution < 1.29 is 9.21 Å². The van der Waals surface area contributed by atoms with E-state index in [4.69, 9.17) is 4.42 Å². The van der Waals surface area contributed by atoms with Crippen molar-refractivity contribution in [3.8, 4) is 0 Å². The van der Waals surface area contributed by atoms with Crippen LogP contribution >= 0.6 is 11.3 Å². The summed E-state index contributed by atoms with van der Waals surface area (Å²) in [6.07, 6.45) is 2.64. The van der Waals surface area contributed by atoms with Crippen LogP contribution in [-0.4, -0.2) is 5.78 Å². The van der Waals surface area contributed by atoms with Gasteiger partial charge < -0.3 is 15.1 Å². The van der Waals surface area contributed by atoms with E-state index >= 15 is 0 Å². The van der Waals surface area contributed by atoms with Crippen molar-refractivity contribution >= 4 is 39.5 Å². The molecule has 0 radical (unpaired) electrons. The fourth-order valence-electron chi connectivity index (χ4n) is 4.74. The standard InChI is InChI=1S/C26H20N2O3S/c29-21-13-15(23-10-5-11-32-23)12-20-24(21)25(28-19-8-3-2-7-18(19)27-20)17-14-31-22-9-4-1-6-16(22)26(17)30/h1-11,14-15,25,27-28H,12-13H2/t15-,25-/m0/s1. The highest BCUT2D eigenvalue weighted by atomic mass is 32.1. The molecular weight excluding hydrogens is 420 g/mol. The summed E-state index contributed by atoms with van der Waals surface area (Å²) in [6.45, 7) is 0. The maximum Gasteiger partial charge on any atom is 0.198 e. The lowest BCUT2D eigenvalue weighted by Gasteiger charge is -2.28. The summed E-state index contributed by atoms with van der Waals surface area (Å²) in [4.78, 5) is 28.2. The summed E-state index contributed by atoms with van der Waals surface area (Å²) in [5, 5.41) is 9.53. The smallest absolute Gasteiger partial charge is 0.198 e. The number of ketones is 1. The van der Waals surface area contributed by atoms with Crippen molar-refractivity contribution in [3.05, 3.63) is 104 Å². The molecule has 0 saturated heterocycles. The van der Waals surface area contributed by atoms with E-state index in [0.717, 1.165) is 17.1 Å². The van der Waals surface area contributed by atoms with Crippen LogP contribution < -0.4 is 16.1 Å². The van der Waals surface area contributed by atoms with Gasteiger partial charge in [0.2, 0.25) is 0 Å². The van der Waals surface area contributed by atoms with Crippen LogP contribution in [-0.2, 0) is 4.79 Å². The lowest BCUT2D eigenvalue weighted by atomic mass is 9.81. The first-order chi connectivity index (χ1) is 15.7. The van der Waals surface area contributed by atoms with Crippen molar-refractivity contribution in [2.24, 2.45) is 0 Å². The van der Waals surface area contributed by atoms with E-state index < -0.39 is 6.04 Å². The molecule has 2 aliphatic rings. The summed E-state index contributed by atoms with van der Waals surface area (Å²) in [6, 6.07) is 18.6. The summed E-state index contributed by atoms with van der Waals surface area (Å²) in [7, 11) is 0. The summed E-state index contributed by atoms with van der Waals surface area (Å²) in [5.74, 6) is 0.183. The van der Waals surface area contributed by atoms with Gasteiger partial charge in [0.05, 0.1) is 28.4 Å². The minimum Gasteiger partial charge on any atom is -0.464 e. The molecule has 0 bridgehead atoms. The number of hydrogen-bond donors (Lipinski definition) is 2. The van der Waals surface area contributed by atoms with Gasteiger partial charge in [0, 0.05) is 28.5 Å². The predicted molar refractivity (Wildman–Crippen MR) is 127 cm³/mol. The summed E-state index contributed by atoms with van der Waals surface area (Å²) >= 11 is 1.68. The van der Waals surface area contributed by atoms with Gasteiger partial charge in [-0.25, -0.2) is 0 Å². The Morgan fingerprint density at radius 2 is 1.72 bits per heavy atom. The van der Waals surface area contributed by atoms with Gasteiger partial charge in [-0.3, -0.25) is 9.59 Å². The van der Waals surface area contributed by atoms with Gasteiger partial charge in [-0.05, 0) is 42.1 Å². The monoisotopic (exact) mass is 440 g/mol. The molecule has 3 heterocycles. The minimum atomic E-state index is -0.584. The molecule has 2 atom stereocenters. The average Bonchev–Trinajstić information content (AvgIpc) is 3.29. The van der Waals surface area contributed by atoms with E-state index in [9.17, 15) is 9.59 Å². The third kappa shape index (κ3) is 3.07. The van der Waals surface area contributed by atoms with E-state index in [1.165, 1.54) is 11.1 Å². The fraction of sp³-hybridized carbons (Fsp3) is 0.154. The third-order valence-corrected chi connectivity index (χ3v) is 7.31. The number of thiophene rings is 1. The van der Waals surface area contributed by atoms with E-state index in [2.05, 4.69) is 16.7 Å². The molecule has 0 amide bonds. The van der Waals surface area contributed by atoms with Crippen LogP contribution in [0, 0.1) is 0 Å². The molecule has 2 aromatic heterocycles. The maximum absolute atomic E-state index is 13.5. The Kier molecular flexibility index (Phi) is 4.47. The lowest BCUT2D eigenvalue weighted by molar-refractivity contribution is -0.116. The van der Waals surface area contributed by atoms with Crippen LogP contribution in [0.5, 0.6) is 0 Å². The van der Waals surface area contributed by atoms with Crippen molar-refractivity contribution in [1.29, 1.82) is 0 Å². The normalized spacial score (nSPS) is 20.2. The zero-order valence-corrected chi connectivity index (χ0v) is 17.9. The molecular formula is C26H20N2O3S. The predicted octanol–water partition coefficient (Wildman–Crippen LogP) is 5.83. The molecule has 6 rings (SSSR count).